The second-order valence-electron chi connectivity index (χ2n) is 7.35. The second kappa shape index (κ2) is 9.34. The van der Waals surface area contributed by atoms with Crippen LogP contribution >= 0.6 is 0 Å². The van der Waals surface area contributed by atoms with Gasteiger partial charge in [0.1, 0.15) is 12.8 Å². The molecule has 6 nitrogen and oxygen atoms in total. The van der Waals surface area contributed by atoms with Crippen LogP contribution in [-0.4, -0.2) is 32.1 Å². The molecule has 0 spiro atoms. The Balaban J connectivity index is 1.43. The van der Waals surface area contributed by atoms with Gasteiger partial charge in [-0.1, -0.05) is 78.9 Å². The number of rotatable bonds is 6. The van der Waals surface area contributed by atoms with Gasteiger partial charge in [-0.05, 0) is 27.8 Å². The van der Waals surface area contributed by atoms with Crippen LogP contribution in [0, 0.1) is 0 Å². The number of ether oxygens (including phenoxy) is 2. The summed E-state index contributed by atoms with van der Waals surface area (Å²) in [6, 6.07) is 25.9. The average Bonchev–Trinajstić information content (AvgIpc) is 3.12. The maximum Gasteiger partial charge on any atom is 0.408 e. The number of hydrogen-bond acceptors (Lipinski definition) is 4. The largest absolute Gasteiger partial charge is 0.453 e. The molecule has 158 valence electrons. The molecular weight excluding hydrogens is 392 g/mol. The first kappa shape index (κ1) is 20.5. The van der Waals surface area contributed by atoms with Crippen LogP contribution in [0.2, 0.25) is 0 Å². The van der Waals surface area contributed by atoms with Crippen molar-refractivity contribution in [1.82, 2.24) is 10.6 Å². The molecule has 0 bridgehead atoms. The number of carbonyl (C=O) groups excluding carboxylic acids is 2. The molecule has 1 aliphatic rings. The maximum absolute atomic E-state index is 12.6. The van der Waals surface area contributed by atoms with Gasteiger partial charge in [-0.15, -0.1) is 0 Å². The van der Waals surface area contributed by atoms with E-state index in [9.17, 15) is 9.59 Å². The topological polar surface area (TPSA) is 76.7 Å². The van der Waals surface area contributed by atoms with Crippen molar-refractivity contribution in [3.63, 3.8) is 0 Å². The highest BCUT2D eigenvalue weighted by molar-refractivity contribution is 5.79. The standard InChI is InChI=1S/C25H24N2O4/c1-30-24(28)26-23(15-17-9-3-2-4-10-17)27-25(29)31-16-22-20-13-7-5-11-18(20)19-12-6-8-14-21(19)22/h2-14,22-23H,15-16H2,1H3,(H,26,28)(H,27,29)/t23-/m0/s1. The second-order valence-corrected chi connectivity index (χ2v) is 7.35. The van der Waals surface area contributed by atoms with E-state index in [1.807, 2.05) is 54.6 Å². The summed E-state index contributed by atoms with van der Waals surface area (Å²) in [6.07, 6.45) is -1.48. The highest BCUT2D eigenvalue weighted by atomic mass is 16.6. The first-order chi connectivity index (χ1) is 15.2. The van der Waals surface area contributed by atoms with Gasteiger partial charge in [-0.2, -0.15) is 0 Å². The van der Waals surface area contributed by atoms with Gasteiger partial charge in [-0.25, -0.2) is 9.59 Å². The van der Waals surface area contributed by atoms with Crippen molar-refractivity contribution in [2.24, 2.45) is 0 Å². The number of amides is 2. The van der Waals surface area contributed by atoms with Gasteiger partial charge in [0.15, 0.2) is 0 Å². The summed E-state index contributed by atoms with van der Waals surface area (Å²) in [5, 5.41) is 5.36. The zero-order chi connectivity index (χ0) is 21.6. The predicted molar refractivity (Wildman–Crippen MR) is 118 cm³/mol. The van der Waals surface area contributed by atoms with Crippen molar-refractivity contribution in [1.29, 1.82) is 0 Å². The van der Waals surface area contributed by atoms with Crippen LogP contribution in [0.15, 0.2) is 78.9 Å². The van der Waals surface area contributed by atoms with Gasteiger partial charge in [-0.3, -0.25) is 0 Å². The summed E-state index contributed by atoms with van der Waals surface area (Å²) in [5.41, 5.74) is 5.58. The lowest BCUT2D eigenvalue weighted by Gasteiger charge is -2.20. The minimum atomic E-state index is -0.662. The minimum Gasteiger partial charge on any atom is -0.453 e. The number of fused-ring (bicyclic) bond motifs is 3. The van der Waals surface area contributed by atoms with E-state index in [4.69, 9.17) is 4.74 Å². The Morgan fingerprint density at radius 1 is 0.806 bits per heavy atom. The molecule has 0 aromatic heterocycles. The zero-order valence-corrected chi connectivity index (χ0v) is 17.2. The van der Waals surface area contributed by atoms with Crippen molar-refractivity contribution in [3.8, 4) is 11.1 Å². The van der Waals surface area contributed by atoms with Gasteiger partial charge in [0.2, 0.25) is 0 Å². The molecule has 6 heteroatoms. The van der Waals surface area contributed by atoms with Gasteiger partial charge >= 0.3 is 12.2 Å². The smallest absolute Gasteiger partial charge is 0.408 e. The predicted octanol–water partition coefficient (Wildman–Crippen LogP) is 4.45. The lowest BCUT2D eigenvalue weighted by Crippen LogP contribution is -2.49. The molecule has 0 heterocycles. The van der Waals surface area contributed by atoms with E-state index < -0.39 is 18.4 Å². The molecule has 4 rings (SSSR count). The van der Waals surface area contributed by atoms with E-state index in [1.165, 1.54) is 18.2 Å². The first-order valence-corrected chi connectivity index (χ1v) is 10.2. The Bertz CT molecular complexity index is 1020. The van der Waals surface area contributed by atoms with Crippen LogP contribution in [0.25, 0.3) is 11.1 Å². The third-order valence-corrected chi connectivity index (χ3v) is 5.40. The molecule has 0 saturated carbocycles. The summed E-state index contributed by atoms with van der Waals surface area (Å²) in [4.78, 5) is 24.3. The Kier molecular flexibility index (Phi) is 6.17. The third kappa shape index (κ3) is 4.69. The molecule has 3 aromatic carbocycles. The first-order valence-electron chi connectivity index (χ1n) is 10.2. The summed E-state index contributed by atoms with van der Waals surface area (Å²) in [6.45, 7) is 0.205. The quantitative estimate of drug-likeness (QED) is 0.582. The van der Waals surface area contributed by atoms with E-state index in [-0.39, 0.29) is 12.5 Å². The Morgan fingerprint density at radius 2 is 1.35 bits per heavy atom. The number of nitrogens with one attached hydrogen (secondary N) is 2. The van der Waals surface area contributed by atoms with E-state index >= 15 is 0 Å². The Hall–Kier alpha value is -3.80. The van der Waals surface area contributed by atoms with Gasteiger partial charge in [0, 0.05) is 12.3 Å². The molecule has 0 radical (unpaired) electrons. The van der Waals surface area contributed by atoms with Crippen molar-refractivity contribution < 1.29 is 19.1 Å². The van der Waals surface area contributed by atoms with Crippen LogP contribution in [0.5, 0.6) is 0 Å². The molecule has 0 fully saturated rings. The molecule has 1 aliphatic carbocycles. The molecule has 31 heavy (non-hydrogen) atoms. The Labute approximate surface area is 181 Å². The number of alkyl carbamates (subject to hydrolysis) is 2. The lowest BCUT2D eigenvalue weighted by molar-refractivity contribution is 0.133. The average molecular weight is 416 g/mol. The van der Waals surface area contributed by atoms with E-state index in [1.54, 1.807) is 0 Å². The highest BCUT2D eigenvalue weighted by Gasteiger charge is 2.29. The van der Waals surface area contributed by atoms with Crippen LogP contribution < -0.4 is 10.6 Å². The molecule has 2 N–H and O–H groups in total. The summed E-state index contributed by atoms with van der Waals surface area (Å²) in [7, 11) is 1.28. The SMILES string of the molecule is COC(=O)N[C@H](Cc1ccccc1)NC(=O)OCC1c2ccccc2-c2ccccc21. The fraction of sp³-hybridized carbons (Fsp3) is 0.200. The molecule has 2 amide bonds. The molecule has 3 aromatic rings. The number of benzene rings is 3. The van der Waals surface area contributed by atoms with Crippen LogP contribution in [0.4, 0.5) is 9.59 Å². The lowest BCUT2D eigenvalue weighted by atomic mass is 9.98. The fourth-order valence-electron chi connectivity index (χ4n) is 3.97. The number of methoxy groups -OCH3 is 1. The van der Waals surface area contributed by atoms with Crippen molar-refractivity contribution in [3.05, 3.63) is 95.6 Å². The van der Waals surface area contributed by atoms with E-state index in [0.717, 1.165) is 16.7 Å². The molecule has 0 unspecified atom stereocenters. The minimum absolute atomic E-state index is 0.0284. The zero-order valence-electron chi connectivity index (χ0n) is 17.2. The van der Waals surface area contributed by atoms with Crippen LogP contribution in [0.1, 0.15) is 22.6 Å². The molecule has 0 saturated heterocycles. The summed E-state index contributed by atoms with van der Waals surface area (Å²) in [5.74, 6) is -0.0284. The third-order valence-electron chi connectivity index (χ3n) is 5.40. The number of hydrogen-bond donors (Lipinski definition) is 2. The highest BCUT2D eigenvalue weighted by Crippen LogP contribution is 2.44. The number of carbonyl (C=O) groups is 2. The summed E-state index contributed by atoms with van der Waals surface area (Å²) >= 11 is 0. The van der Waals surface area contributed by atoms with Gasteiger partial charge in [0.05, 0.1) is 7.11 Å². The molecular formula is C25H24N2O4. The van der Waals surface area contributed by atoms with Gasteiger partial charge in [0.25, 0.3) is 0 Å². The molecule has 0 aliphatic heterocycles. The van der Waals surface area contributed by atoms with Gasteiger partial charge < -0.3 is 20.1 Å². The Morgan fingerprint density at radius 3 is 1.97 bits per heavy atom. The monoisotopic (exact) mass is 416 g/mol. The summed E-state index contributed by atoms with van der Waals surface area (Å²) < 4.78 is 10.3. The molecule has 1 atom stereocenters. The fourth-order valence-corrected chi connectivity index (χ4v) is 3.97. The van der Waals surface area contributed by atoms with Crippen molar-refractivity contribution >= 4 is 12.2 Å². The van der Waals surface area contributed by atoms with Crippen LogP contribution in [-0.2, 0) is 15.9 Å². The maximum atomic E-state index is 12.6. The van der Waals surface area contributed by atoms with Crippen LogP contribution in [0.3, 0.4) is 0 Å². The van der Waals surface area contributed by atoms with Crippen molar-refractivity contribution in [2.75, 3.05) is 13.7 Å². The van der Waals surface area contributed by atoms with E-state index in [2.05, 4.69) is 39.6 Å². The van der Waals surface area contributed by atoms with E-state index in [0.29, 0.717) is 6.42 Å². The normalized spacial score (nSPS) is 12.9. The van der Waals surface area contributed by atoms with Crippen molar-refractivity contribution in [2.45, 2.75) is 18.5 Å².